The second kappa shape index (κ2) is 7.51. The molecule has 0 saturated carbocycles. The summed E-state index contributed by atoms with van der Waals surface area (Å²) in [6.07, 6.45) is 0. The Balaban J connectivity index is 2.95. The first-order valence-electron chi connectivity index (χ1n) is 6.56. The number of carbonyl (C=O) groups excluding carboxylic acids is 1. The van der Waals surface area contributed by atoms with Gasteiger partial charge < -0.3 is 9.64 Å². The molecule has 0 radical (unpaired) electrons. The van der Waals surface area contributed by atoms with Crippen LogP contribution in [0.5, 0.6) is 0 Å². The van der Waals surface area contributed by atoms with E-state index in [0.29, 0.717) is 11.6 Å². The van der Waals surface area contributed by atoms with Crippen molar-refractivity contribution >= 4 is 17.5 Å². The van der Waals surface area contributed by atoms with Crippen LogP contribution in [-0.4, -0.2) is 31.1 Å². The summed E-state index contributed by atoms with van der Waals surface area (Å²) in [4.78, 5) is 13.8. The number of amides is 1. The molecule has 1 rings (SSSR count). The number of hydrogen-bond acceptors (Lipinski definition) is 2. The summed E-state index contributed by atoms with van der Waals surface area (Å²) < 4.78 is 5.19. The number of hydrogen-bond donors (Lipinski definition) is 0. The summed E-state index contributed by atoms with van der Waals surface area (Å²) in [6.45, 7) is 6.69. The molecule has 19 heavy (non-hydrogen) atoms. The SMILES string of the molecule is CCOCC(=O)N(C)C(c1ccccc1Cl)C(C)C. The molecule has 4 heteroatoms. The van der Waals surface area contributed by atoms with Crippen molar-refractivity contribution in [1.82, 2.24) is 4.90 Å². The number of ether oxygens (including phenoxy) is 1. The van der Waals surface area contributed by atoms with Gasteiger partial charge in [0.2, 0.25) is 5.91 Å². The number of benzene rings is 1. The monoisotopic (exact) mass is 283 g/mol. The molecule has 3 nitrogen and oxygen atoms in total. The molecular weight excluding hydrogens is 262 g/mol. The van der Waals surface area contributed by atoms with Crippen molar-refractivity contribution in [2.75, 3.05) is 20.3 Å². The lowest BCUT2D eigenvalue weighted by atomic mass is 9.94. The van der Waals surface area contributed by atoms with E-state index < -0.39 is 0 Å². The predicted molar refractivity (Wildman–Crippen MR) is 78.3 cm³/mol. The first-order valence-corrected chi connectivity index (χ1v) is 6.94. The first-order chi connectivity index (χ1) is 8.99. The molecule has 0 aliphatic rings. The van der Waals surface area contributed by atoms with E-state index in [0.717, 1.165) is 5.56 Å². The van der Waals surface area contributed by atoms with Gasteiger partial charge in [-0.2, -0.15) is 0 Å². The summed E-state index contributed by atoms with van der Waals surface area (Å²) in [5, 5.41) is 0.692. The zero-order chi connectivity index (χ0) is 14.4. The Kier molecular flexibility index (Phi) is 6.32. The van der Waals surface area contributed by atoms with Crippen LogP contribution in [0, 0.1) is 5.92 Å². The Labute approximate surface area is 120 Å². The van der Waals surface area contributed by atoms with Gasteiger partial charge in [0, 0.05) is 18.7 Å². The van der Waals surface area contributed by atoms with E-state index in [2.05, 4.69) is 13.8 Å². The first kappa shape index (κ1) is 16.0. The highest BCUT2D eigenvalue weighted by Crippen LogP contribution is 2.32. The molecule has 0 heterocycles. The molecule has 0 fully saturated rings. The summed E-state index contributed by atoms with van der Waals surface area (Å²) in [5.41, 5.74) is 0.978. The van der Waals surface area contributed by atoms with Gasteiger partial charge in [0.1, 0.15) is 6.61 Å². The third-order valence-electron chi connectivity index (χ3n) is 3.10. The van der Waals surface area contributed by atoms with Gasteiger partial charge in [-0.3, -0.25) is 4.79 Å². The van der Waals surface area contributed by atoms with Crippen LogP contribution in [-0.2, 0) is 9.53 Å². The van der Waals surface area contributed by atoms with Crippen molar-refractivity contribution in [2.24, 2.45) is 5.92 Å². The van der Waals surface area contributed by atoms with Gasteiger partial charge in [-0.15, -0.1) is 0 Å². The predicted octanol–water partition coefficient (Wildman–Crippen LogP) is 3.53. The Morgan fingerprint density at radius 2 is 2.00 bits per heavy atom. The van der Waals surface area contributed by atoms with Crippen LogP contribution in [0.25, 0.3) is 0 Å². The summed E-state index contributed by atoms with van der Waals surface area (Å²) >= 11 is 6.25. The van der Waals surface area contributed by atoms with Crippen LogP contribution in [0.4, 0.5) is 0 Å². The lowest BCUT2D eigenvalue weighted by Gasteiger charge is -2.32. The lowest BCUT2D eigenvalue weighted by molar-refractivity contribution is -0.137. The van der Waals surface area contributed by atoms with Crippen LogP contribution in [0.2, 0.25) is 5.02 Å². The maximum absolute atomic E-state index is 12.1. The van der Waals surface area contributed by atoms with Crippen molar-refractivity contribution in [3.05, 3.63) is 34.9 Å². The molecule has 0 aromatic heterocycles. The molecule has 1 unspecified atom stereocenters. The quantitative estimate of drug-likeness (QED) is 0.799. The third-order valence-corrected chi connectivity index (χ3v) is 3.44. The van der Waals surface area contributed by atoms with Crippen LogP contribution >= 0.6 is 11.6 Å². The molecule has 0 N–H and O–H groups in total. The van der Waals surface area contributed by atoms with Crippen LogP contribution in [0.15, 0.2) is 24.3 Å². The standard InChI is InChI=1S/C15H22ClNO2/c1-5-19-10-14(18)17(4)15(11(2)3)12-8-6-7-9-13(12)16/h6-9,11,15H,5,10H2,1-4H3. The highest BCUT2D eigenvalue weighted by atomic mass is 35.5. The average Bonchev–Trinajstić information content (AvgIpc) is 2.38. The smallest absolute Gasteiger partial charge is 0.248 e. The van der Waals surface area contributed by atoms with Gasteiger partial charge in [-0.05, 0) is 24.5 Å². The highest BCUT2D eigenvalue weighted by molar-refractivity contribution is 6.31. The van der Waals surface area contributed by atoms with E-state index in [9.17, 15) is 4.79 Å². The van der Waals surface area contributed by atoms with Gasteiger partial charge in [-0.25, -0.2) is 0 Å². The minimum atomic E-state index is -0.0401. The fourth-order valence-corrected chi connectivity index (χ4v) is 2.42. The zero-order valence-corrected chi connectivity index (χ0v) is 12.8. The molecule has 0 aliphatic heterocycles. The average molecular weight is 284 g/mol. The van der Waals surface area contributed by atoms with Crippen molar-refractivity contribution < 1.29 is 9.53 Å². The maximum atomic E-state index is 12.1. The van der Waals surface area contributed by atoms with E-state index in [1.165, 1.54) is 0 Å². The second-order valence-electron chi connectivity index (χ2n) is 4.85. The summed E-state index contributed by atoms with van der Waals surface area (Å²) in [7, 11) is 1.80. The second-order valence-corrected chi connectivity index (χ2v) is 5.26. The molecule has 1 aromatic rings. The zero-order valence-electron chi connectivity index (χ0n) is 12.0. The summed E-state index contributed by atoms with van der Waals surface area (Å²) in [5.74, 6) is 0.246. The fourth-order valence-electron chi connectivity index (χ4n) is 2.18. The number of nitrogens with zero attached hydrogens (tertiary/aromatic N) is 1. The Morgan fingerprint density at radius 1 is 1.37 bits per heavy atom. The number of rotatable bonds is 6. The van der Waals surface area contributed by atoms with Crippen LogP contribution in [0.3, 0.4) is 0 Å². The molecule has 0 spiro atoms. The largest absolute Gasteiger partial charge is 0.372 e. The van der Waals surface area contributed by atoms with Crippen molar-refractivity contribution in [3.8, 4) is 0 Å². The minimum absolute atomic E-state index is 0.0273. The van der Waals surface area contributed by atoms with Gasteiger partial charge in [-0.1, -0.05) is 43.6 Å². The molecule has 0 bridgehead atoms. The van der Waals surface area contributed by atoms with E-state index in [1.807, 2.05) is 31.2 Å². The van der Waals surface area contributed by atoms with Crippen molar-refractivity contribution in [2.45, 2.75) is 26.8 Å². The van der Waals surface area contributed by atoms with Crippen molar-refractivity contribution in [1.29, 1.82) is 0 Å². The normalized spacial score (nSPS) is 12.5. The van der Waals surface area contributed by atoms with E-state index in [-0.39, 0.29) is 24.5 Å². The molecular formula is C15H22ClNO2. The molecule has 1 aromatic carbocycles. The number of likely N-dealkylation sites (N-methyl/N-ethyl adjacent to an activating group) is 1. The Bertz CT molecular complexity index is 420. The number of carbonyl (C=O) groups is 1. The molecule has 0 saturated heterocycles. The minimum Gasteiger partial charge on any atom is -0.372 e. The van der Waals surface area contributed by atoms with E-state index in [1.54, 1.807) is 11.9 Å². The maximum Gasteiger partial charge on any atom is 0.248 e. The molecule has 1 atom stereocenters. The Hall–Kier alpha value is -1.06. The molecule has 1 amide bonds. The Morgan fingerprint density at radius 3 is 2.53 bits per heavy atom. The third kappa shape index (κ3) is 4.22. The van der Waals surface area contributed by atoms with Gasteiger partial charge in [0.05, 0.1) is 6.04 Å². The highest BCUT2D eigenvalue weighted by Gasteiger charge is 2.26. The van der Waals surface area contributed by atoms with Crippen LogP contribution < -0.4 is 0 Å². The molecule has 106 valence electrons. The number of halogens is 1. The van der Waals surface area contributed by atoms with Crippen LogP contribution in [0.1, 0.15) is 32.4 Å². The van der Waals surface area contributed by atoms with Gasteiger partial charge >= 0.3 is 0 Å². The van der Waals surface area contributed by atoms with Gasteiger partial charge in [0.15, 0.2) is 0 Å². The lowest BCUT2D eigenvalue weighted by Crippen LogP contribution is -2.36. The van der Waals surface area contributed by atoms with Crippen molar-refractivity contribution in [3.63, 3.8) is 0 Å². The van der Waals surface area contributed by atoms with E-state index in [4.69, 9.17) is 16.3 Å². The topological polar surface area (TPSA) is 29.5 Å². The fraction of sp³-hybridized carbons (Fsp3) is 0.533. The summed E-state index contributed by atoms with van der Waals surface area (Å²) in [6, 6.07) is 7.62. The molecule has 0 aliphatic carbocycles. The van der Waals surface area contributed by atoms with Gasteiger partial charge in [0.25, 0.3) is 0 Å². The van der Waals surface area contributed by atoms with E-state index >= 15 is 0 Å².